The van der Waals surface area contributed by atoms with Gasteiger partial charge in [0.05, 0.1) is 26.4 Å². The maximum Gasteiger partial charge on any atom is 0.408 e. The van der Waals surface area contributed by atoms with Gasteiger partial charge in [-0.1, -0.05) is 30.3 Å². The molecule has 1 aromatic rings. The van der Waals surface area contributed by atoms with Crippen molar-refractivity contribution in [1.29, 1.82) is 0 Å². The summed E-state index contributed by atoms with van der Waals surface area (Å²) in [7, 11) is 0. The molecule has 1 aromatic carbocycles. The molecule has 30 heavy (non-hydrogen) atoms. The zero-order chi connectivity index (χ0) is 22.6. The van der Waals surface area contributed by atoms with E-state index in [9.17, 15) is 14.7 Å². The highest BCUT2D eigenvalue weighted by Crippen LogP contribution is 2.29. The molecule has 1 aliphatic rings. The van der Waals surface area contributed by atoms with E-state index in [1.54, 1.807) is 20.8 Å². The van der Waals surface area contributed by atoms with Crippen molar-refractivity contribution in [3.05, 3.63) is 35.9 Å². The van der Waals surface area contributed by atoms with Crippen molar-refractivity contribution in [3.63, 3.8) is 0 Å². The summed E-state index contributed by atoms with van der Waals surface area (Å²) in [4.78, 5) is 23.5. The molecule has 1 amide bonds. The van der Waals surface area contributed by atoms with Crippen LogP contribution in [0.5, 0.6) is 0 Å². The van der Waals surface area contributed by atoms with Crippen molar-refractivity contribution < 1.29 is 28.9 Å². The molecule has 8 heteroatoms. The number of benzene rings is 1. The molecule has 2 N–H and O–H groups in total. The zero-order valence-corrected chi connectivity index (χ0v) is 19.4. The molecule has 0 saturated carbocycles. The third-order valence-corrected chi connectivity index (χ3v) is 5.44. The fraction of sp³-hybridized carbons (Fsp3) is 0.636. The number of nitrogens with one attached hydrogen (secondary N) is 1. The molecule has 0 unspecified atom stereocenters. The summed E-state index contributed by atoms with van der Waals surface area (Å²) in [5.41, 5.74) is 0.533. The van der Waals surface area contributed by atoms with Crippen LogP contribution in [0.4, 0.5) is 4.79 Å². The van der Waals surface area contributed by atoms with Crippen molar-refractivity contribution in [2.24, 2.45) is 0 Å². The summed E-state index contributed by atoms with van der Waals surface area (Å²) < 4.78 is 14.4. The van der Waals surface area contributed by atoms with Crippen LogP contribution in [0, 0.1) is 0 Å². The second kappa shape index (κ2) is 12.8. The third-order valence-electron chi connectivity index (χ3n) is 4.05. The summed E-state index contributed by atoms with van der Waals surface area (Å²) >= 11 is 1.52. The van der Waals surface area contributed by atoms with Gasteiger partial charge in [0.15, 0.2) is 0 Å². The second-order valence-corrected chi connectivity index (χ2v) is 10.1. The monoisotopic (exact) mass is 441 g/mol. The van der Waals surface area contributed by atoms with E-state index in [-0.39, 0.29) is 0 Å². The highest BCUT2D eigenvalue weighted by atomic mass is 32.2. The molecule has 1 aliphatic heterocycles. The van der Waals surface area contributed by atoms with E-state index in [1.165, 1.54) is 17.3 Å². The summed E-state index contributed by atoms with van der Waals surface area (Å²) in [5.74, 6) is -0.311. The van der Waals surface area contributed by atoms with Crippen molar-refractivity contribution in [2.75, 3.05) is 32.2 Å². The van der Waals surface area contributed by atoms with Crippen molar-refractivity contribution in [1.82, 2.24) is 5.32 Å². The molecular weight excluding hydrogens is 406 g/mol. The lowest BCUT2D eigenvalue weighted by Crippen LogP contribution is -2.53. The van der Waals surface area contributed by atoms with Gasteiger partial charge in [0, 0.05) is 4.75 Å². The van der Waals surface area contributed by atoms with E-state index in [4.69, 9.17) is 14.2 Å². The van der Waals surface area contributed by atoms with Crippen molar-refractivity contribution in [2.45, 2.75) is 57.4 Å². The van der Waals surface area contributed by atoms with Gasteiger partial charge in [0.2, 0.25) is 0 Å². The maximum atomic E-state index is 11.9. The zero-order valence-electron chi connectivity index (χ0n) is 18.6. The third kappa shape index (κ3) is 11.4. The lowest BCUT2D eigenvalue weighted by molar-refractivity contribution is -0.140. The fourth-order valence-corrected chi connectivity index (χ4v) is 3.75. The Balaban J connectivity index is 0.000000637. The first kappa shape index (κ1) is 26.3. The summed E-state index contributed by atoms with van der Waals surface area (Å²) in [6, 6.07) is 8.98. The highest BCUT2D eigenvalue weighted by molar-refractivity contribution is 8.00. The predicted octanol–water partition coefficient (Wildman–Crippen LogP) is 3.75. The van der Waals surface area contributed by atoms with E-state index in [2.05, 4.69) is 5.32 Å². The van der Waals surface area contributed by atoms with Crippen LogP contribution in [-0.2, 0) is 25.4 Å². The van der Waals surface area contributed by atoms with Gasteiger partial charge < -0.3 is 24.6 Å². The average molecular weight is 442 g/mol. The normalized spacial score (nSPS) is 15.4. The van der Waals surface area contributed by atoms with Gasteiger partial charge in [-0.2, -0.15) is 11.8 Å². The molecule has 2 rings (SSSR count). The Kier molecular flexibility index (Phi) is 11.2. The number of carboxylic acid groups (broad SMARTS) is 1. The number of rotatable bonds is 7. The first-order chi connectivity index (χ1) is 14.0. The van der Waals surface area contributed by atoms with Crippen LogP contribution in [0.25, 0.3) is 0 Å². The fourth-order valence-electron chi connectivity index (χ4n) is 2.56. The molecule has 0 aliphatic carbocycles. The number of hydrogen-bond acceptors (Lipinski definition) is 6. The SMILES string of the molecule is C1COCCO1.CC(C)(C)OC(=O)N[C@H](C(=O)O)C(C)(C)SCCc1ccccc1. The Morgan fingerprint density at radius 3 is 2.03 bits per heavy atom. The number of amides is 1. The van der Waals surface area contributed by atoms with Crippen LogP contribution in [0.2, 0.25) is 0 Å². The Morgan fingerprint density at radius 2 is 1.60 bits per heavy atom. The average Bonchev–Trinajstić information content (AvgIpc) is 2.67. The number of carbonyl (C=O) groups excluding carboxylic acids is 1. The second-order valence-electron chi connectivity index (χ2n) is 8.33. The van der Waals surface area contributed by atoms with Gasteiger partial charge in [-0.25, -0.2) is 9.59 Å². The molecule has 0 radical (unpaired) electrons. The van der Waals surface area contributed by atoms with E-state index in [1.807, 2.05) is 44.2 Å². The van der Waals surface area contributed by atoms with Crippen LogP contribution in [0.3, 0.4) is 0 Å². The smallest absolute Gasteiger partial charge is 0.408 e. The topological polar surface area (TPSA) is 94.1 Å². The Hall–Kier alpha value is -1.77. The van der Waals surface area contributed by atoms with E-state index >= 15 is 0 Å². The lowest BCUT2D eigenvalue weighted by atomic mass is 10.0. The van der Waals surface area contributed by atoms with E-state index in [0.717, 1.165) is 38.6 Å². The molecule has 1 heterocycles. The van der Waals surface area contributed by atoms with E-state index in [0.29, 0.717) is 0 Å². The standard InChI is InChI=1S/C18H27NO4S.C4H8O2/c1-17(2,3)23-16(22)19-14(15(20)21)18(4,5)24-12-11-13-9-7-6-8-10-13;1-2-6-4-3-5-1/h6-10,14H,11-12H2,1-5H3,(H,19,22)(H,20,21);1-4H2/t14-;/m1./s1. The number of carbonyl (C=O) groups is 2. The van der Waals surface area contributed by atoms with E-state index < -0.39 is 28.5 Å². The summed E-state index contributed by atoms with van der Waals surface area (Å²) in [6.07, 6.45) is 0.125. The van der Waals surface area contributed by atoms with Crippen LogP contribution in [0.15, 0.2) is 30.3 Å². The number of thioether (sulfide) groups is 1. The minimum Gasteiger partial charge on any atom is -0.480 e. The Bertz CT molecular complexity index is 629. The number of aryl methyl sites for hydroxylation is 1. The largest absolute Gasteiger partial charge is 0.480 e. The van der Waals surface area contributed by atoms with Crippen LogP contribution in [-0.4, -0.2) is 65.7 Å². The van der Waals surface area contributed by atoms with Gasteiger partial charge in [-0.15, -0.1) is 0 Å². The van der Waals surface area contributed by atoms with Gasteiger partial charge >= 0.3 is 12.1 Å². The van der Waals surface area contributed by atoms with Gasteiger partial charge in [0.25, 0.3) is 0 Å². The van der Waals surface area contributed by atoms with Crippen LogP contribution >= 0.6 is 11.8 Å². The number of alkyl carbamates (subject to hydrolysis) is 1. The number of ether oxygens (including phenoxy) is 3. The molecule has 0 spiro atoms. The number of hydrogen-bond donors (Lipinski definition) is 2. The molecule has 1 saturated heterocycles. The molecular formula is C22H35NO6S. The number of carboxylic acids is 1. The van der Waals surface area contributed by atoms with Crippen LogP contribution in [0.1, 0.15) is 40.2 Å². The first-order valence-corrected chi connectivity index (χ1v) is 11.1. The van der Waals surface area contributed by atoms with Gasteiger partial charge in [-0.05, 0) is 52.4 Å². The summed E-state index contributed by atoms with van der Waals surface area (Å²) in [5, 5.41) is 12.0. The summed E-state index contributed by atoms with van der Waals surface area (Å²) in [6.45, 7) is 12.0. The minimum atomic E-state index is -1.07. The quantitative estimate of drug-likeness (QED) is 0.665. The molecule has 1 fully saturated rings. The highest BCUT2D eigenvalue weighted by Gasteiger charge is 2.38. The molecule has 0 aromatic heterocycles. The molecule has 0 bridgehead atoms. The van der Waals surface area contributed by atoms with Gasteiger partial charge in [-0.3, -0.25) is 0 Å². The lowest BCUT2D eigenvalue weighted by Gasteiger charge is -2.32. The molecule has 170 valence electrons. The molecule has 1 atom stereocenters. The van der Waals surface area contributed by atoms with Crippen molar-refractivity contribution >= 4 is 23.8 Å². The Labute approximate surface area is 183 Å². The van der Waals surface area contributed by atoms with Crippen LogP contribution < -0.4 is 5.32 Å². The number of aliphatic carboxylic acids is 1. The minimum absolute atomic E-state index is 0.669. The first-order valence-electron chi connectivity index (χ1n) is 10.1. The Morgan fingerprint density at radius 1 is 1.07 bits per heavy atom. The van der Waals surface area contributed by atoms with Gasteiger partial charge in [0.1, 0.15) is 11.6 Å². The van der Waals surface area contributed by atoms with Crippen molar-refractivity contribution in [3.8, 4) is 0 Å². The predicted molar refractivity (Wildman–Crippen MR) is 119 cm³/mol. The molecule has 7 nitrogen and oxygen atoms in total. The maximum absolute atomic E-state index is 11.9.